The molecule has 0 saturated carbocycles. The van der Waals surface area contributed by atoms with Gasteiger partial charge in [-0.2, -0.15) is 0 Å². The molecule has 5 heteroatoms. The molecule has 23 heavy (non-hydrogen) atoms. The SMILES string of the molecule is COc1ccc(N2CCN(Cc3ccc(F)cc3Cl)CC2)cc1. The van der Waals surface area contributed by atoms with Gasteiger partial charge >= 0.3 is 0 Å². The third kappa shape index (κ3) is 3.95. The van der Waals surface area contributed by atoms with Crippen LogP contribution in [0.4, 0.5) is 10.1 Å². The number of benzene rings is 2. The Morgan fingerprint density at radius 1 is 1.04 bits per heavy atom. The quantitative estimate of drug-likeness (QED) is 0.845. The van der Waals surface area contributed by atoms with Gasteiger partial charge in [-0.15, -0.1) is 0 Å². The maximum Gasteiger partial charge on any atom is 0.124 e. The number of hydrogen-bond acceptors (Lipinski definition) is 3. The molecule has 1 aliphatic rings. The van der Waals surface area contributed by atoms with Crippen LogP contribution in [-0.2, 0) is 6.54 Å². The van der Waals surface area contributed by atoms with E-state index in [2.05, 4.69) is 21.9 Å². The fourth-order valence-electron chi connectivity index (χ4n) is 2.85. The molecule has 0 amide bonds. The van der Waals surface area contributed by atoms with E-state index >= 15 is 0 Å². The lowest BCUT2D eigenvalue weighted by Crippen LogP contribution is -2.46. The van der Waals surface area contributed by atoms with Crippen molar-refractivity contribution in [1.82, 2.24) is 4.90 Å². The highest BCUT2D eigenvalue weighted by molar-refractivity contribution is 6.31. The predicted octanol–water partition coefficient (Wildman–Crippen LogP) is 3.81. The first-order chi connectivity index (χ1) is 11.2. The number of rotatable bonds is 4. The molecule has 3 rings (SSSR count). The van der Waals surface area contributed by atoms with E-state index in [0.717, 1.165) is 44.0 Å². The van der Waals surface area contributed by atoms with E-state index in [1.54, 1.807) is 13.2 Å². The molecule has 0 aromatic heterocycles. The molecule has 0 radical (unpaired) electrons. The molecule has 0 aliphatic carbocycles. The molecule has 0 bridgehead atoms. The van der Waals surface area contributed by atoms with Gasteiger partial charge in [-0.1, -0.05) is 17.7 Å². The van der Waals surface area contributed by atoms with E-state index < -0.39 is 0 Å². The van der Waals surface area contributed by atoms with Crippen LogP contribution in [0.1, 0.15) is 5.56 Å². The molecule has 2 aromatic carbocycles. The lowest BCUT2D eigenvalue weighted by molar-refractivity contribution is 0.250. The number of anilines is 1. The monoisotopic (exact) mass is 334 g/mol. The molecule has 0 atom stereocenters. The predicted molar refractivity (Wildman–Crippen MR) is 91.9 cm³/mol. The minimum absolute atomic E-state index is 0.289. The van der Waals surface area contributed by atoms with Crippen LogP contribution in [-0.4, -0.2) is 38.2 Å². The number of halogens is 2. The van der Waals surface area contributed by atoms with Crippen molar-refractivity contribution in [2.75, 3.05) is 38.2 Å². The van der Waals surface area contributed by atoms with Crippen LogP contribution < -0.4 is 9.64 Å². The first-order valence-electron chi connectivity index (χ1n) is 7.71. The van der Waals surface area contributed by atoms with Crippen molar-refractivity contribution in [1.29, 1.82) is 0 Å². The van der Waals surface area contributed by atoms with E-state index in [1.165, 1.54) is 17.8 Å². The van der Waals surface area contributed by atoms with Gasteiger partial charge in [0.2, 0.25) is 0 Å². The summed E-state index contributed by atoms with van der Waals surface area (Å²) in [6.07, 6.45) is 0. The number of piperazine rings is 1. The first kappa shape index (κ1) is 16.1. The second-order valence-electron chi connectivity index (χ2n) is 5.70. The Labute approximate surface area is 141 Å². The zero-order valence-corrected chi connectivity index (χ0v) is 13.9. The van der Waals surface area contributed by atoms with Crippen molar-refractivity contribution >= 4 is 17.3 Å². The topological polar surface area (TPSA) is 15.7 Å². The molecule has 1 fully saturated rings. The van der Waals surface area contributed by atoms with Gasteiger partial charge in [0.1, 0.15) is 11.6 Å². The van der Waals surface area contributed by atoms with Gasteiger partial charge in [-0.25, -0.2) is 4.39 Å². The van der Waals surface area contributed by atoms with E-state index in [0.29, 0.717) is 5.02 Å². The third-order valence-corrected chi connectivity index (χ3v) is 4.57. The summed E-state index contributed by atoms with van der Waals surface area (Å²) in [4.78, 5) is 4.71. The minimum atomic E-state index is -0.289. The molecule has 0 N–H and O–H groups in total. The highest BCUT2D eigenvalue weighted by Gasteiger charge is 2.18. The molecule has 0 unspecified atom stereocenters. The van der Waals surface area contributed by atoms with E-state index in [1.807, 2.05) is 12.1 Å². The molecule has 1 aliphatic heterocycles. The lowest BCUT2D eigenvalue weighted by Gasteiger charge is -2.36. The third-order valence-electron chi connectivity index (χ3n) is 4.22. The second-order valence-corrected chi connectivity index (χ2v) is 6.10. The fraction of sp³-hybridized carbons (Fsp3) is 0.333. The molecule has 2 aromatic rings. The van der Waals surface area contributed by atoms with Gasteiger partial charge in [0, 0.05) is 43.4 Å². The normalized spacial score (nSPS) is 15.7. The van der Waals surface area contributed by atoms with Crippen molar-refractivity contribution in [2.24, 2.45) is 0 Å². The fourth-order valence-corrected chi connectivity index (χ4v) is 3.08. The zero-order chi connectivity index (χ0) is 16.2. The molecule has 0 spiro atoms. The number of hydrogen-bond donors (Lipinski definition) is 0. The van der Waals surface area contributed by atoms with Crippen LogP contribution in [0.15, 0.2) is 42.5 Å². The van der Waals surface area contributed by atoms with Gasteiger partial charge in [0.15, 0.2) is 0 Å². The summed E-state index contributed by atoms with van der Waals surface area (Å²) in [5.74, 6) is 0.585. The second kappa shape index (κ2) is 7.20. The van der Waals surface area contributed by atoms with Gasteiger partial charge in [0.05, 0.1) is 7.11 Å². The Bertz CT molecular complexity index is 655. The maximum absolute atomic E-state index is 13.1. The summed E-state index contributed by atoms with van der Waals surface area (Å²) in [6, 6.07) is 12.8. The van der Waals surface area contributed by atoms with Gasteiger partial charge in [-0.05, 0) is 42.0 Å². The summed E-state index contributed by atoms with van der Waals surface area (Å²) in [5, 5.41) is 0.502. The van der Waals surface area contributed by atoms with Crippen molar-refractivity contribution in [3.8, 4) is 5.75 Å². The Morgan fingerprint density at radius 2 is 1.74 bits per heavy atom. The minimum Gasteiger partial charge on any atom is -0.497 e. The highest BCUT2D eigenvalue weighted by Crippen LogP contribution is 2.23. The van der Waals surface area contributed by atoms with E-state index in [4.69, 9.17) is 16.3 Å². The Kier molecular flexibility index (Phi) is 5.03. The summed E-state index contributed by atoms with van der Waals surface area (Å²) in [6.45, 7) is 4.60. The number of methoxy groups -OCH3 is 1. The summed E-state index contributed by atoms with van der Waals surface area (Å²) < 4.78 is 18.3. The Balaban J connectivity index is 1.57. The van der Waals surface area contributed by atoms with Crippen LogP contribution in [0, 0.1) is 5.82 Å². The molecular weight excluding hydrogens is 315 g/mol. The van der Waals surface area contributed by atoms with E-state index in [9.17, 15) is 4.39 Å². The summed E-state index contributed by atoms with van der Waals surface area (Å²) in [5.41, 5.74) is 2.19. The summed E-state index contributed by atoms with van der Waals surface area (Å²) >= 11 is 6.11. The van der Waals surface area contributed by atoms with Crippen LogP contribution >= 0.6 is 11.6 Å². The molecule has 1 heterocycles. The van der Waals surface area contributed by atoms with Crippen LogP contribution in [0.2, 0.25) is 5.02 Å². The van der Waals surface area contributed by atoms with Gasteiger partial charge in [-0.3, -0.25) is 4.90 Å². The molecule has 1 saturated heterocycles. The number of nitrogens with zero attached hydrogens (tertiary/aromatic N) is 2. The zero-order valence-electron chi connectivity index (χ0n) is 13.1. The van der Waals surface area contributed by atoms with Crippen molar-refractivity contribution in [3.63, 3.8) is 0 Å². The highest BCUT2D eigenvalue weighted by atomic mass is 35.5. The molecule has 3 nitrogen and oxygen atoms in total. The van der Waals surface area contributed by atoms with Crippen LogP contribution in [0.5, 0.6) is 5.75 Å². The largest absolute Gasteiger partial charge is 0.497 e. The average molecular weight is 335 g/mol. The van der Waals surface area contributed by atoms with Gasteiger partial charge < -0.3 is 9.64 Å². The Morgan fingerprint density at radius 3 is 2.35 bits per heavy atom. The smallest absolute Gasteiger partial charge is 0.124 e. The lowest BCUT2D eigenvalue weighted by atomic mass is 10.2. The van der Waals surface area contributed by atoms with Crippen molar-refractivity contribution < 1.29 is 9.13 Å². The molecular formula is C18H20ClFN2O. The maximum atomic E-state index is 13.1. The van der Waals surface area contributed by atoms with E-state index in [-0.39, 0.29) is 5.82 Å². The van der Waals surface area contributed by atoms with Crippen LogP contribution in [0.25, 0.3) is 0 Å². The molecule has 122 valence electrons. The van der Waals surface area contributed by atoms with Gasteiger partial charge in [0.25, 0.3) is 0 Å². The summed E-state index contributed by atoms with van der Waals surface area (Å²) in [7, 11) is 1.67. The van der Waals surface area contributed by atoms with Crippen molar-refractivity contribution in [3.05, 3.63) is 58.9 Å². The van der Waals surface area contributed by atoms with Crippen molar-refractivity contribution in [2.45, 2.75) is 6.54 Å². The average Bonchev–Trinajstić information content (AvgIpc) is 2.58. The number of ether oxygens (including phenoxy) is 1. The first-order valence-corrected chi connectivity index (χ1v) is 8.09. The standard InChI is InChI=1S/C18H20ClFN2O/c1-23-17-6-4-16(5-7-17)22-10-8-21(9-11-22)13-14-2-3-15(20)12-18(14)19/h2-7,12H,8-11,13H2,1H3. The van der Waals surface area contributed by atoms with Crippen LogP contribution in [0.3, 0.4) is 0 Å². The Hall–Kier alpha value is -1.78.